The van der Waals surface area contributed by atoms with E-state index in [4.69, 9.17) is 11.6 Å². The van der Waals surface area contributed by atoms with Crippen LogP contribution in [0.1, 0.15) is 13.8 Å². The van der Waals surface area contributed by atoms with Gasteiger partial charge in [0.05, 0.1) is 0 Å². The van der Waals surface area contributed by atoms with E-state index in [1.807, 2.05) is 13.8 Å². The highest BCUT2D eigenvalue weighted by Gasteiger charge is 2.27. The number of quaternary nitrogens is 1. The molecule has 1 aliphatic heterocycles. The van der Waals surface area contributed by atoms with E-state index in [9.17, 15) is 0 Å². The highest BCUT2D eigenvalue weighted by Crippen LogP contribution is 2.11. The van der Waals surface area contributed by atoms with Crippen LogP contribution in [0.2, 0.25) is 0 Å². The second-order valence-corrected chi connectivity index (χ2v) is 2.79. The third-order valence-electron chi connectivity index (χ3n) is 1.66. The first-order chi connectivity index (χ1) is 4.54. The van der Waals surface area contributed by atoms with Gasteiger partial charge in [0.2, 0.25) is 6.34 Å². The molecule has 4 nitrogen and oxygen atoms in total. The number of nitrogens with zero attached hydrogens (tertiary/aromatic N) is 2. The predicted molar refractivity (Wildman–Crippen MR) is 40.3 cm³/mol. The van der Waals surface area contributed by atoms with Crippen LogP contribution in [0, 0.1) is 0 Å². The number of hydrogen-bond donors (Lipinski definition) is 2. The summed E-state index contributed by atoms with van der Waals surface area (Å²) in [6.07, 6.45) is 3.37. The Morgan fingerprint density at radius 2 is 2.20 bits per heavy atom. The molecule has 4 heteroatoms. The smallest absolute Gasteiger partial charge is 0.216 e. The van der Waals surface area contributed by atoms with Crippen LogP contribution in [-0.4, -0.2) is 17.0 Å². The van der Waals surface area contributed by atoms with Gasteiger partial charge in [0, 0.05) is 0 Å². The Kier molecular flexibility index (Phi) is 1.50. The van der Waals surface area contributed by atoms with Crippen LogP contribution in [0.3, 0.4) is 0 Å². The topological polar surface area (TPSA) is 64.4 Å². The van der Waals surface area contributed by atoms with Crippen molar-refractivity contribution in [3.63, 3.8) is 0 Å². The molecule has 0 aromatic heterocycles. The molecule has 1 aliphatic rings. The van der Waals surface area contributed by atoms with E-state index in [1.54, 1.807) is 12.5 Å². The maximum Gasteiger partial charge on any atom is 0.216 e. The lowest BCUT2D eigenvalue weighted by Gasteiger charge is -2.23. The fraction of sp³-hybridized carbons (Fsp3) is 0.500. The molecule has 0 spiro atoms. The average Bonchev–Trinajstić information content (AvgIpc) is 2.13. The van der Waals surface area contributed by atoms with Crippen molar-refractivity contribution < 1.29 is 4.59 Å². The molecule has 56 valence electrons. The maximum atomic E-state index is 5.82. The minimum absolute atomic E-state index is 0.214. The molecule has 0 aliphatic carbocycles. The summed E-state index contributed by atoms with van der Waals surface area (Å²) in [5.41, 5.74) is 5.42. The van der Waals surface area contributed by atoms with Crippen LogP contribution in [0.4, 0.5) is 0 Å². The van der Waals surface area contributed by atoms with Gasteiger partial charge in [-0.1, -0.05) is 0 Å². The van der Waals surface area contributed by atoms with Crippen molar-refractivity contribution in [2.24, 2.45) is 16.6 Å². The summed E-state index contributed by atoms with van der Waals surface area (Å²) in [5, 5.41) is 0. The molecular weight excluding hydrogens is 128 g/mol. The molecule has 10 heavy (non-hydrogen) atoms. The van der Waals surface area contributed by atoms with Crippen LogP contribution in [0.25, 0.3) is 0 Å². The van der Waals surface area contributed by atoms with Gasteiger partial charge in [-0.05, 0) is 13.8 Å². The van der Waals surface area contributed by atoms with Gasteiger partial charge >= 0.3 is 0 Å². The lowest BCUT2D eigenvalue weighted by molar-refractivity contribution is -0.815. The van der Waals surface area contributed by atoms with Gasteiger partial charge in [-0.25, -0.2) is 0 Å². The molecule has 1 heterocycles. The van der Waals surface area contributed by atoms with Gasteiger partial charge in [0.1, 0.15) is 6.04 Å². The number of nitrogens with two attached hydrogens (primary N) is 2. The van der Waals surface area contributed by atoms with Crippen LogP contribution in [0.5, 0.6) is 0 Å². The molecule has 0 amide bonds. The van der Waals surface area contributed by atoms with Crippen LogP contribution < -0.4 is 11.6 Å². The molecule has 1 rings (SSSR count). The molecular formula is C6H13N4+. The van der Waals surface area contributed by atoms with E-state index in [0.717, 1.165) is 0 Å². The first-order valence-corrected chi connectivity index (χ1v) is 3.25. The first kappa shape index (κ1) is 7.24. The Bertz CT molecular complexity index is 194. The Morgan fingerprint density at radius 1 is 1.60 bits per heavy atom. The van der Waals surface area contributed by atoms with Gasteiger partial charge in [0.25, 0.3) is 0 Å². The lowest BCUT2D eigenvalue weighted by Crippen LogP contribution is -2.52. The van der Waals surface area contributed by atoms with Crippen molar-refractivity contribution in [1.29, 1.82) is 0 Å². The van der Waals surface area contributed by atoms with Crippen LogP contribution >= 0.6 is 0 Å². The van der Waals surface area contributed by atoms with E-state index >= 15 is 0 Å². The van der Waals surface area contributed by atoms with E-state index in [0.29, 0.717) is 5.82 Å². The normalized spacial score (nSPS) is 31.4. The van der Waals surface area contributed by atoms with Crippen molar-refractivity contribution in [3.05, 3.63) is 12.0 Å². The molecule has 0 fully saturated rings. The maximum absolute atomic E-state index is 5.82. The highest BCUT2D eigenvalue weighted by molar-refractivity contribution is 5.52. The monoisotopic (exact) mass is 141 g/mol. The van der Waals surface area contributed by atoms with Gasteiger partial charge in [-0.3, -0.25) is 0 Å². The fourth-order valence-electron chi connectivity index (χ4n) is 0.745. The van der Waals surface area contributed by atoms with Gasteiger partial charge in [0.15, 0.2) is 12.0 Å². The van der Waals surface area contributed by atoms with Crippen molar-refractivity contribution in [3.8, 4) is 0 Å². The average molecular weight is 141 g/mol. The van der Waals surface area contributed by atoms with E-state index in [1.165, 1.54) is 0 Å². The van der Waals surface area contributed by atoms with Crippen molar-refractivity contribution in [2.45, 2.75) is 19.9 Å². The second-order valence-electron chi connectivity index (χ2n) is 2.79. The molecule has 1 unspecified atom stereocenters. The number of aliphatic imine (C=N–C) groups is 1. The third-order valence-corrected chi connectivity index (χ3v) is 1.66. The quantitative estimate of drug-likeness (QED) is 0.395. The summed E-state index contributed by atoms with van der Waals surface area (Å²) in [4.78, 5) is 3.87. The van der Waals surface area contributed by atoms with E-state index < -0.39 is 0 Å². The largest absolute Gasteiger partial charge is 0.379 e. The zero-order valence-corrected chi connectivity index (χ0v) is 6.28. The fourth-order valence-corrected chi connectivity index (χ4v) is 0.745. The van der Waals surface area contributed by atoms with Crippen LogP contribution in [-0.2, 0) is 0 Å². The Hall–Kier alpha value is -0.870. The Balaban J connectivity index is 2.84. The van der Waals surface area contributed by atoms with E-state index in [-0.39, 0.29) is 10.6 Å². The molecule has 0 saturated carbocycles. The minimum atomic E-state index is 0.214. The Labute approximate surface area is 60.4 Å². The van der Waals surface area contributed by atoms with E-state index in [2.05, 4.69) is 4.99 Å². The summed E-state index contributed by atoms with van der Waals surface area (Å²) in [6, 6.07) is 0.282. The summed E-state index contributed by atoms with van der Waals surface area (Å²) in [6.45, 7) is 4.03. The first-order valence-electron chi connectivity index (χ1n) is 3.25. The molecule has 0 aromatic rings. The van der Waals surface area contributed by atoms with Gasteiger partial charge in [-0.2, -0.15) is 15.4 Å². The zero-order valence-electron chi connectivity index (χ0n) is 6.28. The molecule has 0 saturated heterocycles. The number of rotatable bonds is 1. The second kappa shape index (κ2) is 2.07. The predicted octanol–water partition coefficient (Wildman–Crippen LogP) is -0.115. The molecule has 4 N–H and O–H groups in total. The molecule has 0 radical (unpaired) electrons. The minimum Gasteiger partial charge on any atom is -0.379 e. The van der Waals surface area contributed by atoms with Crippen molar-refractivity contribution in [1.82, 2.24) is 0 Å². The van der Waals surface area contributed by atoms with Crippen LogP contribution in [0.15, 0.2) is 17.0 Å². The summed E-state index contributed by atoms with van der Waals surface area (Å²) < 4.78 is 0.214. The summed E-state index contributed by atoms with van der Waals surface area (Å²) in [5.74, 6) is 6.32. The van der Waals surface area contributed by atoms with Gasteiger partial charge < -0.3 is 5.73 Å². The van der Waals surface area contributed by atoms with Crippen molar-refractivity contribution in [2.75, 3.05) is 0 Å². The third kappa shape index (κ3) is 1.03. The molecule has 1 atom stereocenters. The zero-order chi connectivity index (χ0) is 7.78. The highest BCUT2D eigenvalue weighted by atomic mass is 15.6. The van der Waals surface area contributed by atoms with Crippen molar-refractivity contribution >= 4 is 6.34 Å². The standard InChI is InChI=1S/C6H13N4/c1-5(2)10(8)3-6(7)9-4-10/h3-5H,7-8H2,1-2H3/q+1. The number of hydrogen-bond acceptors (Lipinski definition) is 3. The summed E-state index contributed by atoms with van der Waals surface area (Å²) >= 11 is 0. The lowest BCUT2D eigenvalue weighted by atomic mass is 10.3. The molecule has 0 bridgehead atoms. The van der Waals surface area contributed by atoms with Gasteiger partial charge in [-0.15, -0.1) is 0 Å². The summed E-state index contributed by atoms with van der Waals surface area (Å²) in [7, 11) is 0. The Morgan fingerprint density at radius 3 is 2.40 bits per heavy atom. The SMILES string of the molecule is CC(C)[N+]1(N)C=NC(N)=C1. The molecule has 0 aromatic carbocycles.